The van der Waals surface area contributed by atoms with Crippen LogP contribution in [-0.4, -0.2) is 171 Å². The predicted octanol–water partition coefficient (Wildman–Crippen LogP) is 1.77. The van der Waals surface area contributed by atoms with Crippen molar-refractivity contribution < 1.29 is 62.8 Å². The molecule has 10 amide bonds. The van der Waals surface area contributed by atoms with Gasteiger partial charge in [0.2, 0.25) is 59.1 Å². The van der Waals surface area contributed by atoms with Crippen molar-refractivity contribution in [1.29, 1.82) is 0 Å². The van der Waals surface area contributed by atoms with E-state index in [0.717, 1.165) is 38.5 Å². The highest BCUT2D eigenvalue weighted by Crippen LogP contribution is 2.48. The molecule has 2 aliphatic heterocycles. The first-order valence-corrected chi connectivity index (χ1v) is 32.8. The fraction of sp³-hybridized carbons (Fsp3) is 0.844. The van der Waals surface area contributed by atoms with Crippen LogP contribution in [0, 0.1) is 34.1 Å². The average Bonchev–Trinajstić information content (AvgIpc) is 0.728. The third-order valence-corrected chi connectivity index (χ3v) is 17.8. The van der Waals surface area contributed by atoms with Gasteiger partial charge >= 0.3 is 0 Å². The van der Waals surface area contributed by atoms with Gasteiger partial charge in [-0.1, -0.05) is 94.4 Å². The molecule has 26 heteroatoms. The molecule has 0 radical (unpaired) electrons. The SMILES string of the molecule is CCCCCCCC[N+]1([O-])C(C)(C)CC(N)(C(=O)NCC(=O)N[C@@H](CC(C)C)C(=O)NC2(C(=O)NCC(=O)NCC(=O)N[C@@H](CC(C)C)C(=O)NC(C)(C)C(=O)NCC(=O)N[C@H](C(=O)N[C@H](CO)CC(C)C)[C@@H](C)CC)CC(C)(C)[NH+]([O-])C(C)(C)C2)CC1(C)C. The van der Waals surface area contributed by atoms with E-state index in [1.54, 1.807) is 34.6 Å². The Balaban J connectivity index is 2.18. The molecule has 26 nitrogen and oxygen atoms in total. The number of carbonyl (C=O) groups is 10. The first-order chi connectivity index (χ1) is 41.3. The molecule has 0 bridgehead atoms. The molecular formula is C64H119N13O13. The van der Waals surface area contributed by atoms with Gasteiger partial charge in [0.1, 0.15) is 34.7 Å². The quantitative estimate of drug-likeness (QED) is 0.0242. The monoisotopic (exact) mass is 1280 g/mol. The van der Waals surface area contributed by atoms with Crippen LogP contribution in [0.25, 0.3) is 0 Å². The van der Waals surface area contributed by atoms with Crippen molar-refractivity contribution in [1.82, 2.24) is 53.2 Å². The average molecular weight is 1280 g/mol. The molecule has 14 N–H and O–H groups in total. The van der Waals surface area contributed by atoms with Gasteiger partial charge in [0.15, 0.2) is 0 Å². The Bertz CT molecular complexity index is 2430. The zero-order chi connectivity index (χ0) is 69.2. The zero-order valence-corrected chi connectivity index (χ0v) is 58.1. The minimum atomic E-state index is -1.80. The van der Waals surface area contributed by atoms with Crippen molar-refractivity contribution in [3.8, 4) is 0 Å². The van der Waals surface area contributed by atoms with Crippen LogP contribution in [0.15, 0.2) is 0 Å². The zero-order valence-electron chi connectivity index (χ0n) is 58.1. The highest BCUT2D eigenvalue weighted by molar-refractivity contribution is 5.99. The summed E-state index contributed by atoms with van der Waals surface area (Å²) in [6.45, 7) is 31.5. The van der Waals surface area contributed by atoms with Crippen LogP contribution in [-0.2, 0) is 47.9 Å². The summed E-state index contributed by atoms with van der Waals surface area (Å²) < 4.78 is -0.513. The van der Waals surface area contributed by atoms with Crippen molar-refractivity contribution in [3.05, 3.63) is 10.4 Å². The second-order valence-electron chi connectivity index (χ2n) is 30.3. The number of nitrogens with zero attached hydrogens (tertiary/aromatic N) is 1. The Labute approximate surface area is 536 Å². The molecule has 2 saturated heterocycles. The van der Waals surface area contributed by atoms with Crippen LogP contribution < -0.4 is 64.0 Å². The highest BCUT2D eigenvalue weighted by atomic mass is 16.6. The van der Waals surface area contributed by atoms with Crippen LogP contribution >= 0.6 is 0 Å². The summed E-state index contributed by atoms with van der Waals surface area (Å²) in [5.41, 5.74) is -2.24. The van der Waals surface area contributed by atoms with Crippen LogP contribution in [0.4, 0.5) is 0 Å². The van der Waals surface area contributed by atoms with Gasteiger partial charge < -0.3 is 84.1 Å². The molecular weight excluding hydrogens is 1160 g/mol. The molecule has 0 spiro atoms. The van der Waals surface area contributed by atoms with Gasteiger partial charge in [-0.2, -0.15) is 0 Å². The number of quaternary nitrogens is 2. The van der Waals surface area contributed by atoms with Gasteiger partial charge in [-0.05, 0) is 125 Å². The second kappa shape index (κ2) is 33.9. The molecule has 2 heterocycles. The number of hydrogen-bond acceptors (Lipinski definition) is 14. The lowest BCUT2D eigenvalue weighted by Gasteiger charge is -2.68. The number of hydroxylamine groups is 5. The van der Waals surface area contributed by atoms with E-state index in [1.165, 1.54) is 13.8 Å². The van der Waals surface area contributed by atoms with Gasteiger partial charge in [-0.25, -0.2) is 0 Å². The number of hydrogen-bond donors (Lipinski definition) is 13. The maximum atomic E-state index is 14.7. The lowest BCUT2D eigenvalue weighted by atomic mass is 9.68. The third kappa shape index (κ3) is 23.2. The maximum absolute atomic E-state index is 14.7. The Hall–Kier alpha value is -5.54. The van der Waals surface area contributed by atoms with Crippen molar-refractivity contribution >= 4 is 59.1 Å². The fourth-order valence-electron chi connectivity index (χ4n) is 13.4. The number of carbonyl (C=O) groups excluding carboxylic acids is 10. The Morgan fingerprint density at radius 1 is 0.567 bits per heavy atom. The lowest BCUT2D eigenvalue weighted by Crippen LogP contribution is -3.24. The molecule has 0 unspecified atom stereocenters. The summed E-state index contributed by atoms with van der Waals surface area (Å²) in [4.78, 5) is 137. The van der Waals surface area contributed by atoms with Gasteiger partial charge in [-0.3, -0.25) is 47.9 Å². The van der Waals surface area contributed by atoms with Crippen LogP contribution in [0.5, 0.6) is 0 Å². The smallest absolute Gasteiger partial charge is 0.246 e. The standard InChI is InChI=1S/C64H119N13O13/c1-20-22-23-24-25-26-27-77(90)60(14,15)38-63(65,39-61(77,16)17)56(87)68-33-49(81)72-46(30-42(7)8)53(84)75-64(36-58(10,11)76(89)59(12,13)37-64)57(88)69-31-47(79)66-32-48(80)71-45(29-41(5)6)52(83)74-62(18,19)55(86)67-34-50(82)73-51(43(9)21-2)54(85)70-44(35-78)28-40(3)4/h40-46,51,76,78H,20-39,65H2,1-19H3,(H,66,79)(H,67,86)(H,68,87)(H,69,88)(H,70,85)(H,71,80)(H,72,81)(H,73,82)(H,74,83)(H,75,84)/t43-,44-,45-,46-,51-,63?,77?/m0/s1. The number of rotatable bonds is 36. The van der Waals surface area contributed by atoms with Gasteiger partial charge in [-0.15, -0.1) is 0 Å². The van der Waals surface area contributed by atoms with E-state index in [9.17, 15) is 63.5 Å². The summed E-state index contributed by atoms with van der Waals surface area (Å²) in [6, 6.07) is -3.88. The van der Waals surface area contributed by atoms with Crippen molar-refractivity contribution in [2.24, 2.45) is 29.4 Å². The Kier molecular flexibility index (Phi) is 30.3. The Morgan fingerprint density at radius 2 is 1.01 bits per heavy atom. The molecule has 0 aromatic heterocycles. The van der Waals surface area contributed by atoms with Crippen LogP contribution in [0.1, 0.15) is 221 Å². The largest absolute Gasteiger partial charge is 0.634 e. The van der Waals surface area contributed by atoms with E-state index in [0.29, 0.717) is 19.4 Å². The summed E-state index contributed by atoms with van der Waals surface area (Å²) in [5, 5.41) is 64.6. The molecule has 0 aromatic carbocycles. The summed E-state index contributed by atoms with van der Waals surface area (Å²) >= 11 is 0. The molecule has 518 valence electrons. The molecule has 0 aliphatic carbocycles. The topological polar surface area (TPSA) is 388 Å². The molecule has 0 saturated carbocycles. The summed E-state index contributed by atoms with van der Waals surface area (Å²) in [5.74, 6) is -7.51. The number of piperidine rings is 2. The van der Waals surface area contributed by atoms with E-state index < -0.39 is 153 Å². The normalized spacial score (nSPS) is 23.4. The molecule has 0 aromatic rings. The minimum absolute atomic E-state index is 0.0686. The van der Waals surface area contributed by atoms with Gasteiger partial charge in [0.25, 0.3) is 0 Å². The van der Waals surface area contributed by atoms with Crippen molar-refractivity contribution in [2.75, 3.05) is 39.3 Å². The number of amides is 10. The van der Waals surface area contributed by atoms with Crippen molar-refractivity contribution in [2.45, 2.75) is 284 Å². The fourth-order valence-corrected chi connectivity index (χ4v) is 13.4. The van der Waals surface area contributed by atoms with Crippen LogP contribution in [0.3, 0.4) is 0 Å². The minimum Gasteiger partial charge on any atom is -0.634 e. The first-order valence-electron chi connectivity index (χ1n) is 32.8. The number of unbranched alkanes of at least 4 members (excludes halogenated alkanes) is 5. The van der Waals surface area contributed by atoms with Crippen LogP contribution in [0.2, 0.25) is 0 Å². The summed E-state index contributed by atoms with van der Waals surface area (Å²) in [6.07, 6.45) is 7.18. The number of likely N-dealkylation sites (tertiary alicyclic amines) is 1. The molecule has 90 heavy (non-hydrogen) atoms. The number of nitrogens with one attached hydrogen (secondary N) is 11. The highest BCUT2D eigenvalue weighted by Gasteiger charge is 2.61. The first kappa shape index (κ1) is 80.6. The Morgan fingerprint density at radius 3 is 1.50 bits per heavy atom. The van der Waals surface area contributed by atoms with E-state index >= 15 is 0 Å². The second-order valence-corrected chi connectivity index (χ2v) is 30.3. The summed E-state index contributed by atoms with van der Waals surface area (Å²) in [7, 11) is 0. The molecule has 5 atom stereocenters. The maximum Gasteiger partial charge on any atom is 0.246 e. The van der Waals surface area contributed by atoms with E-state index in [-0.39, 0.29) is 73.9 Å². The van der Waals surface area contributed by atoms with Crippen molar-refractivity contribution in [3.63, 3.8) is 0 Å². The number of nitrogens with two attached hydrogens (primary N) is 1. The number of aliphatic hydroxyl groups excluding tert-OH is 1. The molecule has 2 rings (SSSR count). The van der Waals surface area contributed by atoms with E-state index in [4.69, 9.17) is 5.73 Å². The molecule has 2 aliphatic rings. The van der Waals surface area contributed by atoms with Gasteiger partial charge in [0.05, 0.1) is 67.5 Å². The lowest BCUT2D eigenvalue weighted by molar-refractivity contribution is -0.979. The number of aliphatic hydroxyl groups is 1. The third-order valence-electron chi connectivity index (χ3n) is 17.8. The molecule has 2 fully saturated rings. The van der Waals surface area contributed by atoms with E-state index in [1.807, 2.05) is 76.2 Å². The predicted molar refractivity (Wildman–Crippen MR) is 346 cm³/mol. The van der Waals surface area contributed by atoms with E-state index in [2.05, 4.69) is 60.1 Å². The van der Waals surface area contributed by atoms with Gasteiger partial charge in [0, 0.05) is 25.7 Å².